The monoisotopic (exact) mass is 404 g/mol. The molecule has 2 aromatic rings. The molecule has 0 fully saturated rings. The number of halogens is 3. The normalized spacial score (nSPS) is 11.0. The number of amides is 2. The second-order valence-electron chi connectivity index (χ2n) is 6.14. The van der Waals surface area contributed by atoms with Gasteiger partial charge in [0.05, 0.1) is 36.0 Å². The predicted octanol–water partition coefficient (Wildman–Crippen LogP) is 3.48. The van der Waals surface area contributed by atoms with E-state index in [9.17, 15) is 22.8 Å². The maximum Gasteiger partial charge on any atom is 0.418 e. The lowest BCUT2D eigenvalue weighted by atomic mass is 10.1. The van der Waals surface area contributed by atoms with Gasteiger partial charge in [-0.05, 0) is 36.9 Å². The summed E-state index contributed by atoms with van der Waals surface area (Å²) in [5.74, 6) is -1.08. The van der Waals surface area contributed by atoms with Crippen LogP contribution in [0.4, 0.5) is 24.5 Å². The van der Waals surface area contributed by atoms with Crippen LogP contribution in [0.2, 0.25) is 0 Å². The van der Waals surface area contributed by atoms with E-state index in [-0.39, 0.29) is 18.8 Å². The molecule has 0 unspecified atom stereocenters. The van der Waals surface area contributed by atoms with Crippen LogP contribution < -0.4 is 10.6 Å². The fraction of sp³-hybridized carbons (Fsp3) is 0.250. The van der Waals surface area contributed by atoms with Gasteiger partial charge in [-0.25, -0.2) is 0 Å². The van der Waals surface area contributed by atoms with Gasteiger partial charge >= 0.3 is 6.18 Å². The van der Waals surface area contributed by atoms with E-state index in [0.29, 0.717) is 17.8 Å². The number of anilines is 2. The molecule has 0 aliphatic rings. The topological polar surface area (TPSA) is 85.2 Å². The summed E-state index contributed by atoms with van der Waals surface area (Å²) in [6, 6.07) is 13.0. The molecule has 152 valence electrons. The van der Waals surface area contributed by atoms with Crippen molar-refractivity contribution >= 4 is 23.2 Å². The van der Waals surface area contributed by atoms with Gasteiger partial charge in [-0.1, -0.05) is 25.1 Å². The number of alkyl halides is 3. The largest absolute Gasteiger partial charge is 0.418 e. The van der Waals surface area contributed by atoms with E-state index >= 15 is 0 Å². The Morgan fingerprint density at radius 1 is 1.03 bits per heavy atom. The van der Waals surface area contributed by atoms with Gasteiger partial charge in [-0.3, -0.25) is 14.5 Å². The number of para-hydroxylation sites is 1. The number of nitriles is 1. The molecule has 2 aromatic carbocycles. The third-order valence-corrected chi connectivity index (χ3v) is 3.96. The Kier molecular flexibility index (Phi) is 7.33. The minimum atomic E-state index is -4.59. The fourth-order valence-corrected chi connectivity index (χ4v) is 2.58. The summed E-state index contributed by atoms with van der Waals surface area (Å²) in [4.78, 5) is 25.9. The highest BCUT2D eigenvalue weighted by atomic mass is 19.4. The Balaban J connectivity index is 1.96. The standard InChI is InChI=1S/C20H19F3N4O2/c1-2-27(12-18(28)25-15-7-5-6-14(10-15)11-24)13-19(29)26-17-9-4-3-8-16(17)20(21,22)23/h3-10H,2,12-13H2,1H3,(H,25,28)(H,26,29). The molecule has 0 spiro atoms. The summed E-state index contributed by atoms with van der Waals surface area (Å²) in [6.45, 7) is 1.66. The molecule has 2 N–H and O–H groups in total. The van der Waals surface area contributed by atoms with Crippen LogP contribution in [0.1, 0.15) is 18.1 Å². The third kappa shape index (κ3) is 6.62. The van der Waals surface area contributed by atoms with Crippen molar-refractivity contribution < 1.29 is 22.8 Å². The number of hydrogen-bond acceptors (Lipinski definition) is 4. The maximum absolute atomic E-state index is 13.0. The number of nitrogens with one attached hydrogen (secondary N) is 2. The predicted molar refractivity (Wildman–Crippen MR) is 102 cm³/mol. The van der Waals surface area contributed by atoms with Gasteiger partial charge in [0, 0.05) is 5.69 Å². The third-order valence-electron chi connectivity index (χ3n) is 3.96. The van der Waals surface area contributed by atoms with Gasteiger partial charge in [0.15, 0.2) is 0 Å². The number of nitrogens with zero attached hydrogens (tertiary/aromatic N) is 2. The number of hydrogen-bond donors (Lipinski definition) is 2. The zero-order valence-corrected chi connectivity index (χ0v) is 15.6. The lowest BCUT2D eigenvalue weighted by Gasteiger charge is -2.20. The van der Waals surface area contributed by atoms with Crippen molar-refractivity contribution in [3.05, 3.63) is 59.7 Å². The first-order valence-corrected chi connectivity index (χ1v) is 8.71. The van der Waals surface area contributed by atoms with Gasteiger partial charge in [0.1, 0.15) is 0 Å². The van der Waals surface area contributed by atoms with Crippen LogP contribution in [0.3, 0.4) is 0 Å². The number of rotatable bonds is 7. The second kappa shape index (κ2) is 9.71. The number of carbonyl (C=O) groups excluding carboxylic acids is 2. The summed E-state index contributed by atoms with van der Waals surface area (Å²) < 4.78 is 39.1. The zero-order valence-electron chi connectivity index (χ0n) is 15.6. The van der Waals surface area contributed by atoms with E-state index in [1.54, 1.807) is 25.1 Å². The fourth-order valence-electron chi connectivity index (χ4n) is 2.58. The van der Waals surface area contributed by atoms with E-state index in [1.807, 2.05) is 6.07 Å². The Morgan fingerprint density at radius 2 is 1.69 bits per heavy atom. The molecule has 29 heavy (non-hydrogen) atoms. The maximum atomic E-state index is 13.0. The van der Waals surface area contributed by atoms with Crippen LogP contribution in [-0.4, -0.2) is 36.3 Å². The number of likely N-dealkylation sites (N-methyl/N-ethyl adjacent to an activating group) is 1. The molecule has 0 aliphatic heterocycles. The molecular formula is C20H19F3N4O2. The van der Waals surface area contributed by atoms with Crippen molar-refractivity contribution in [1.82, 2.24) is 4.90 Å². The molecule has 0 aliphatic carbocycles. The van der Waals surface area contributed by atoms with Crippen molar-refractivity contribution in [3.8, 4) is 6.07 Å². The van der Waals surface area contributed by atoms with Gasteiger partial charge in [0.25, 0.3) is 0 Å². The Labute approximate surface area is 165 Å². The van der Waals surface area contributed by atoms with Gasteiger partial charge in [-0.2, -0.15) is 18.4 Å². The minimum absolute atomic E-state index is 0.137. The Morgan fingerprint density at radius 3 is 2.31 bits per heavy atom. The average Bonchev–Trinajstić information content (AvgIpc) is 2.67. The Hall–Kier alpha value is -3.38. The smallest absolute Gasteiger partial charge is 0.325 e. The van der Waals surface area contributed by atoms with E-state index in [1.165, 1.54) is 29.2 Å². The van der Waals surface area contributed by atoms with Crippen LogP contribution in [-0.2, 0) is 15.8 Å². The van der Waals surface area contributed by atoms with Crippen LogP contribution >= 0.6 is 0 Å². The van der Waals surface area contributed by atoms with E-state index < -0.39 is 23.6 Å². The highest BCUT2D eigenvalue weighted by Gasteiger charge is 2.33. The molecule has 0 atom stereocenters. The van der Waals surface area contributed by atoms with E-state index in [0.717, 1.165) is 6.07 Å². The van der Waals surface area contributed by atoms with Gasteiger partial charge in [-0.15, -0.1) is 0 Å². The summed E-state index contributed by atoms with van der Waals surface area (Å²) >= 11 is 0. The van der Waals surface area contributed by atoms with Crippen LogP contribution in [0.25, 0.3) is 0 Å². The van der Waals surface area contributed by atoms with E-state index in [2.05, 4.69) is 10.6 Å². The summed E-state index contributed by atoms with van der Waals surface area (Å²) in [6.07, 6.45) is -4.59. The second-order valence-corrected chi connectivity index (χ2v) is 6.14. The molecule has 0 radical (unpaired) electrons. The molecule has 0 saturated carbocycles. The molecule has 0 saturated heterocycles. The first-order chi connectivity index (χ1) is 13.7. The van der Waals surface area contributed by atoms with Crippen molar-refractivity contribution in [1.29, 1.82) is 5.26 Å². The molecule has 2 rings (SSSR count). The zero-order chi connectivity index (χ0) is 21.4. The summed E-state index contributed by atoms with van der Waals surface area (Å²) in [5, 5.41) is 13.8. The quantitative estimate of drug-likeness (QED) is 0.740. The van der Waals surface area contributed by atoms with Gasteiger partial charge in [0.2, 0.25) is 11.8 Å². The van der Waals surface area contributed by atoms with E-state index in [4.69, 9.17) is 5.26 Å². The first kappa shape index (κ1) is 21.9. The Bertz CT molecular complexity index is 922. The summed E-state index contributed by atoms with van der Waals surface area (Å²) in [7, 11) is 0. The van der Waals surface area contributed by atoms with Crippen LogP contribution in [0.15, 0.2) is 48.5 Å². The lowest BCUT2D eigenvalue weighted by Crippen LogP contribution is -2.38. The minimum Gasteiger partial charge on any atom is -0.325 e. The average molecular weight is 404 g/mol. The van der Waals surface area contributed by atoms with Gasteiger partial charge < -0.3 is 10.6 Å². The lowest BCUT2D eigenvalue weighted by molar-refractivity contribution is -0.137. The molecule has 6 nitrogen and oxygen atoms in total. The molecule has 0 bridgehead atoms. The molecule has 0 aromatic heterocycles. The number of carbonyl (C=O) groups is 2. The van der Waals surface area contributed by atoms with Crippen molar-refractivity contribution in [2.75, 3.05) is 30.3 Å². The van der Waals surface area contributed by atoms with Crippen molar-refractivity contribution in [2.24, 2.45) is 0 Å². The molecular weight excluding hydrogens is 385 g/mol. The molecule has 0 heterocycles. The van der Waals surface area contributed by atoms with Crippen molar-refractivity contribution in [2.45, 2.75) is 13.1 Å². The molecule has 9 heteroatoms. The highest BCUT2D eigenvalue weighted by molar-refractivity contribution is 5.95. The van der Waals surface area contributed by atoms with Crippen LogP contribution in [0.5, 0.6) is 0 Å². The van der Waals surface area contributed by atoms with Crippen LogP contribution in [0, 0.1) is 11.3 Å². The highest BCUT2D eigenvalue weighted by Crippen LogP contribution is 2.34. The SMILES string of the molecule is CCN(CC(=O)Nc1cccc(C#N)c1)CC(=O)Nc1ccccc1C(F)(F)F. The first-order valence-electron chi connectivity index (χ1n) is 8.71. The summed E-state index contributed by atoms with van der Waals surface area (Å²) in [5.41, 5.74) is -0.447. The number of benzene rings is 2. The van der Waals surface area contributed by atoms with Crippen molar-refractivity contribution in [3.63, 3.8) is 0 Å². The molecule has 2 amide bonds.